The average molecular weight is 705 g/mol. The van der Waals surface area contributed by atoms with Crippen LogP contribution in [0.1, 0.15) is 0 Å². The molecule has 0 aliphatic carbocycles. The average Bonchev–Trinajstić information content (AvgIpc) is 3.66. The molecule has 0 saturated carbocycles. The molecular formula is C52H36N2O. The van der Waals surface area contributed by atoms with E-state index in [4.69, 9.17) is 4.42 Å². The first-order chi connectivity index (χ1) is 27.3. The zero-order valence-corrected chi connectivity index (χ0v) is 30.1. The molecule has 0 atom stereocenters. The van der Waals surface area contributed by atoms with Gasteiger partial charge >= 0.3 is 0 Å². The Hall–Kier alpha value is -7.36. The van der Waals surface area contributed by atoms with Gasteiger partial charge < -0.3 is 14.2 Å². The maximum Gasteiger partial charge on any atom is 0.143 e. The van der Waals surface area contributed by atoms with Gasteiger partial charge in [0, 0.05) is 33.4 Å². The first kappa shape index (κ1) is 32.3. The van der Waals surface area contributed by atoms with Crippen molar-refractivity contribution in [1.82, 2.24) is 0 Å². The third kappa shape index (κ3) is 5.80. The van der Waals surface area contributed by atoms with Gasteiger partial charge in [0.2, 0.25) is 0 Å². The zero-order chi connectivity index (χ0) is 36.6. The minimum Gasteiger partial charge on any atom is -0.455 e. The van der Waals surface area contributed by atoms with Crippen molar-refractivity contribution in [2.75, 3.05) is 9.80 Å². The number of fused-ring (bicyclic) bond motifs is 5. The van der Waals surface area contributed by atoms with Crippen molar-refractivity contribution >= 4 is 66.8 Å². The maximum atomic E-state index is 6.91. The van der Waals surface area contributed by atoms with Crippen LogP contribution in [0.3, 0.4) is 0 Å². The molecule has 0 fully saturated rings. The minimum absolute atomic E-state index is 0.829. The lowest BCUT2D eigenvalue weighted by Crippen LogP contribution is -2.17. The Bertz CT molecular complexity index is 2900. The Kier molecular flexibility index (Phi) is 8.16. The van der Waals surface area contributed by atoms with Crippen LogP contribution in [0.2, 0.25) is 0 Å². The second-order valence-corrected chi connectivity index (χ2v) is 13.7. The van der Waals surface area contributed by atoms with Crippen LogP contribution in [0.25, 0.3) is 55.0 Å². The van der Waals surface area contributed by atoms with Gasteiger partial charge in [0.15, 0.2) is 0 Å². The fourth-order valence-corrected chi connectivity index (χ4v) is 7.91. The van der Waals surface area contributed by atoms with Gasteiger partial charge in [0.1, 0.15) is 11.2 Å². The van der Waals surface area contributed by atoms with Crippen LogP contribution >= 0.6 is 0 Å². The van der Waals surface area contributed by atoms with Gasteiger partial charge in [0.05, 0.1) is 22.4 Å². The fraction of sp³-hybridized carbons (Fsp3) is 0. The lowest BCUT2D eigenvalue weighted by atomic mass is 9.99. The third-order valence-corrected chi connectivity index (χ3v) is 10.4. The molecule has 0 amide bonds. The number of anilines is 6. The highest BCUT2D eigenvalue weighted by atomic mass is 16.3. The lowest BCUT2D eigenvalue weighted by molar-refractivity contribution is 0.672. The van der Waals surface area contributed by atoms with E-state index in [-0.39, 0.29) is 0 Å². The van der Waals surface area contributed by atoms with E-state index in [1.165, 1.54) is 11.1 Å². The summed E-state index contributed by atoms with van der Waals surface area (Å²) in [6.45, 7) is 0. The summed E-state index contributed by atoms with van der Waals surface area (Å²) < 4.78 is 6.91. The minimum atomic E-state index is 0.829. The van der Waals surface area contributed by atoms with Crippen molar-refractivity contribution in [1.29, 1.82) is 0 Å². The topological polar surface area (TPSA) is 19.6 Å². The Labute approximate surface area is 320 Å². The molecule has 0 radical (unpaired) electrons. The van der Waals surface area contributed by atoms with E-state index in [2.05, 4.69) is 228 Å². The monoisotopic (exact) mass is 704 g/mol. The molecule has 3 heteroatoms. The summed E-state index contributed by atoms with van der Waals surface area (Å²) in [7, 11) is 0. The van der Waals surface area contributed by atoms with Crippen LogP contribution in [-0.2, 0) is 0 Å². The highest BCUT2D eigenvalue weighted by Gasteiger charge is 2.28. The van der Waals surface area contributed by atoms with Gasteiger partial charge in [-0.25, -0.2) is 0 Å². The van der Waals surface area contributed by atoms with Crippen molar-refractivity contribution in [3.05, 3.63) is 218 Å². The van der Waals surface area contributed by atoms with E-state index >= 15 is 0 Å². The molecule has 1 aromatic heterocycles. The van der Waals surface area contributed by atoms with Crippen molar-refractivity contribution in [3.63, 3.8) is 0 Å². The fourth-order valence-electron chi connectivity index (χ4n) is 7.91. The molecule has 10 rings (SSSR count). The van der Waals surface area contributed by atoms with Gasteiger partial charge in [-0.1, -0.05) is 158 Å². The van der Waals surface area contributed by atoms with Gasteiger partial charge in [-0.2, -0.15) is 0 Å². The SMILES string of the molecule is c1ccc(-c2ccc(N(c3ccccc3)c3ccc4oc5c6ccccc6ccc5c4c3N(c3ccccc3)c3ccccc3-c3ccccc3)cc2)cc1. The summed E-state index contributed by atoms with van der Waals surface area (Å²) in [4.78, 5) is 4.81. The quantitative estimate of drug-likeness (QED) is 0.157. The molecule has 1 heterocycles. The van der Waals surface area contributed by atoms with Gasteiger partial charge in [0.25, 0.3) is 0 Å². The van der Waals surface area contributed by atoms with E-state index in [0.717, 1.165) is 78.0 Å². The van der Waals surface area contributed by atoms with Crippen molar-refractivity contribution in [2.45, 2.75) is 0 Å². The largest absolute Gasteiger partial charge is 0.455 e. The predicted octanol–water partition coefficient (Wildman–Crippen LogP) is 15.0. The van der Waals surface area contributed by atoms with Gasteiger partial charge in [-0.05, 0) is 82.7 Å². The van der Waals surface area contributed by atoms with Crippen LogP contribution in [0.15, 0.2) is 223 Å². The second-order valence-electron chi connectivity index (χ2n) is 13.7. The van der Waals surface area contributed by atoms with Gasteiger partial charge in [-0.3, -0.25) is 0 Å². The van der Waals surface area contributed by atoms with Crippen molar-refractivity contribution < 1.29 is 4.42 Å². The maximum absolute atomic E-state index is 6.91. The number of furan rings is 1. The summed E-state index contributed by atoms with van der Waals surface area (Å²) in [5, 5.41) is 4.36. The second kappa shape index (κ2) is 13.9. The first-order valence-electron chi connectivity index (χ1n) is 18.7. The van der Waals surface area contributed by atoms with E-state index in [0.29, 0.717) is 0 Å². The molecule has 0 unspecified atom stereocenters. The first-order valence-corrected chi connectivity index (χ1v) is 18.7. The summed E-state index contributed by atoms with van der Waals surface area (Å²) in [5.41, 5.74) is 12.6. The molecule has 0 N–H and O–H groups in total. The number of hydrogen-bond acceptors (Lipinski definition) is 3. The van der Waals surface area contributed by atoms with Crippen molar-refractivity contribution in [2.24, 2.45) is 0 Å². The normalized spacial score (nSPS) is 11.3. The molecular weight excluding hydrogens is 669 g/mol. The number of nitrogens with zero attached hydrogens (tertiary/aromatic N) is 2. The van der Waals surface area contributed by atoms with Crippen LogP contribution in [-0.4, -0.2) is 0 Å². The third-order valence-electron chi connectivity index (χ3n) is 10.4. The molecule has 0 spiro atoms. The molecule has 0 aliphatic rings. The van der Waals surface area contributed by atoms with Crippen LogP contribution in [0.4, 0.5) is 34.1 Å². The Morgan fingerprint density at radius 1 is 0.327 bits per heavy atom. The summed E-state index contributed by atoms with van der Waals surface area (Å²) in [6.07, 6.45) is 0. The summed E-state index contributed by atoms with van der Waals surface area (Å²) in [6, 6.07) is 77.5. The van der Waals surface area contributed by atoms with E-state index in [9.17, 15) is 0 Å². The smallest absolute Gasteiger partial charge is 0.143 e. The molecule has 0 saturated heterocycles. The van der Waals surface area contributed by atoms with Crippen LogP contribution in [0, 0.1) is 0 Å². The van der Waals surface area contributed by atoms with E-state index < -0.39 is 0 Å². The molecule has 0 bridgehead atoms. The number of para-hydroxylation sites is 3. The molecule has 10 aromatic rings. The van der Waals surface area contributed by atoms with E-state index in [1.54, 1.807) is 0 Å². The molecule has 9 aromatic carbocycles. The molecule has 3 nitrogen and oxygen atoms in total. The predicted molar refractivity (Wildman–Crippen MR) is 231 cm³/mol. The van der Waals surface area contributed by atoms with Crippen molar-refractivity contribution in [3.8, 4) is 22.3 Å². The van der Waals surface area contributed by atoms with Crippen LogP contribution < -0.4 is 9.80 Å². The Morgan fingerprint density at radius 2 is 0.873 bits per heavy atom. The number of rotatable bonds is 8. The highest BCUT2D eigenvalue weighted by molar-refractivity contribution is 6.22. The Balaban J connectivity index is 1.32. The van der Waals surface area contributed by atoms with E-state index in [1.807, 2.05) is 0 Å². The van der Waals surface area contributed by atoms with Crippen LogP contribution in [0.5, 0.6) is 0 Å². The lowest BCUT2D eigenvalue weighted by Gasteiger charge is -2.34. The number of hydrogen-bond donors (Lipinski definition) is 0. The molecule has 0 aliphatic heterocycles. The summed E-state index contributed by atoms with van der Waals surface area (Å²) in [5.74, 6) is 0. The zero-order valence-electron chi connectivity index (χ0n) is 30.1. The van der Waals surface area contributed by atoms with Gasteiger partial charge in [-0.15, -0.1) is 0 Å². The standard InChI is InChI=1S/C52H36N2O/c1-5-17-37(18-6-1)38-29-32-43(33-30-38)53(41-22-9-3-10-23-41)48-35-36-49-50(46-34-31-40-21-13-14-27-45(40)52(46)55-49)51(48)54(42-24-11-4-12-25-42)47-28-16-15-26-44(47)39-19-7-2-8-20-39/h1-36H. The molecule has 55 heavy (non-hydrogen) atoms. The number of benzene rings is 9. The Morgan fingerprint density at radius 3 is 1.58 bits per heavy atom. The highest BCUT2D eigenvalue weighted by Crippen LogP contribution is 2.53. The summed E-state index contributed by atoms with van der Waals surface area (Å²) >= 11 is 0. The molecule has 260 valence electrons.